The molecule has 0 radical (unpaired) electrons. The van der Waals surface area contributed by atoms with Crippen LogP contribution in [0.2, 0.25) is 0 Å². The van der Waals surface area contributed by atoms with Crippen LogP contribution in [0.3, 0.4) is 0 Å². The SMILES string of the molecule is O=C(/C=C/c1ccco1)NCC1CCN(C2CCSC2)CC1. The lowest BCUT2D eigenvalue weighted by Gasteiger charge is -2.35. The van der Waals surface area contributed by atoms with Crippen molar-refractivity contribution < 1.29 is 9.21 Å². The van der Waals surface area contributed by atoms with E-state index in [4.69, 9.17) is 4.42 Å². The summed E-state index contributed by atoms with van der Waals surface area (Å²) >= 11 is 2.08. The van der Waals surface area contributed by atoms with Crippen LogP contribution in [0.25, 0.3) is 6.08 Å². The molecule has 1 amide bonds. The molecule has 3 rings (SSSR count). The van der Waals surface area contributed by atoms with Crippen molar-refractivity contribution in [2.24, 2.45) is 5.92 Å². The highest BCUT2D eigenvalue weighted by Crippen LogP contribution is 2.26. The highest BCUT2D eigenvalue weighted by molar-refractivity contribution is 7.99. The zero-order valence-electron chi connectivity index (χ0n) is 12.9. The minimum atomic E-state index is -0.0361. The molecule has 1 aromatic rings. The van der Waals surface area contributed by atoms with Crippen LogP contribution in [0.5, 0.6) is 0 Å². The lowest BCUT2D eigenvalue weighted by molar-refractivity contribution is -0.116. The van der Waals surface area contributed by atoms with Crippen molar-refractivity contribution in [1.82, 2.24) is 10.2 Å². The molecule has 22 heavy (non-hydrogen) atoms. The highest BCUT2D eigenvalue weighted by atomic mass is 32.2. The van der Waals surface area contributed by atoms with Crippen LogP contribution in [0.15, 0.2) is 28.9 Å². The van der Waals surface area contributed by atoms with E-state index in [-0.39, 0.29) is 5.91 Å². The van der Waals surface area contributed by atoms with Crippen LogP contribution in [0.4, 0.5) is 0 Å². The number of piperidine rings is 1. The van der Waals surface area contributed by atoms with Gasteiger partial charge in [0, 0.05) is 24.4 Å². The van der Waals surface area contributed by atoms with Gasteiger partial charge in [-0.3, -0.25) is 9.69 Å². The molecule has 3 heterocycles. The molecule has 1 atom stereocenters. The Morgan fingerprint density at radius 3 is 2.95 bits per heavy atom. The van der Waals surface area contributed by atoms with Crippen LogP contribution < -0.4 is 5.32 Å². The van der Waals surface area contributed by atoms with E-state index in [1.54, 1.807) is 18.4 Å². The highest BCUT2D eigenvalue weighted by Gasteiger charge is 2.27. The average Bonchev–Trinajstić information content (AvgIpc) is 3.24. The number of hydrogen-bond donors (Lipinski definition) is 1. The first-order valence-corrected chi connectivity index (χ1v) is 9.28. The summed E-state index contributed by atoms with van der Waals surface area (Å²) in [6.07, 6.45) is 8.60. The van der Waals surface area contributed by atoms with Crippen LogP contribution in [-0.2, 0) is 4.79 Å². The Bertz CT molecular complexity index is 487. The molecule has 1 aromatic heterocycles. The number of nitrogens with zero attached hydrogens (tertiary/aromatic N) is 1. The first-order chi connectivity index (χ1) is 10.8. The summed E-state index contributed by atoms with van der Waals surface area (Å²) in [4.78, 5) is 14.4. The molecule has 2 saturated heterocycles. The largest absolute Gasteiger partial charge is 0.465 e. The predicted molar refractivity (Wildman–Crippen MR) is 90.8 cm³/mol. The minimum absolute atomic E-state index is 0.0361. The third kappa shape index (κ3) is 4.40. The maximum atomic E-state index is 11.8. The monoisotopic (exact) mass is 320 g/mol. The van der Waals surface area contributed by atoms with E-state index in [0.717, 1.165) is 12.6 Å². The molecule has 4 nitrogen and oxygen atoms in total. The van der Waals surface area contributed by atoms with E-state index in [2.05, 4.69) is 22.0 Å². The molecule has 2 aliphatic rings. The van der Waals surface area contributed by atoms with Crippen molar-refractivity contribution in [3.8, 4) is 0 Å². The lowest BCUT2D eigenvalue weighted by atomic mass is 9.95. The van der Waals surface area contributed by atoms with Crippen LogP contribution in [-0.4, -0.2) is 48.0 Å². The van der Waals surface area contributed by atoms with Gasteiger partial charge in [0.15, 0.2) is 0 Å². The molecular weight excluding hydrogens is 296 g/mol. The van der Waals surface area contributed by atoms with E-state index in [0.29, 0.717) is 11.7 Å². The number of hydrogen-bond acceptors (Lipinski definition) is 4. The van der Waals surface area contributed by atoms with Gasteiger partial charge >= 0.3 is 0 Å². The fourth-order valence-corrected chi connectivity index (χ4v) is 4.44. The van der Waals surface area contributed by atoms with Gasteiger partial charge in [-0.15, -0.1) is 0 Å². The fourth-order valence-electron chi connectivity index (χ4n) is 3.18. The molecule has 0 saturated carbocycles. The molecule has 0 aliphatic carbocycles. The summed E-state index contributed by atoms with van der Waals surface area (Å²) in [5.74, 6) is 3.91. The van der Waals surface area contributed by atoms with Crippen molar-refractivity contribution in [3.63, 3.8) is 0 Å². The number of likely N-dealkylation sites (tertiary alicyclic amines) is 1. The maximum absolute atomic E-state index is 11.8. The van der Waals surface area contributed by atoms with Crippen LogP contribution in [0, 0.1) is 5.92 Å². The van der Waals surface area contributed by atoms with Gasteiger partial charge in [-0.1, -0.05) is 0 Å². The molecule has 2 aliphatic heterocycles. The van der Waals surface area contributed by atoms with E-state index >= 15 is 0 Å². The van der Waals surface area contributed by atoms with Gasteiger partial charge < -0.3 is 9.73 Å². The summed E-state index contributed by atoms with van der Waals surface area (Å²) in [5.41, 5.74) is 0. The van der Waals surface area contributed by atoms with Crippen molar-refractivity contribution in [3.05, 3.63) is 30.2 Å². The quantitative estimate of drug-likeness (QED) is 0.847. The van der Waals surface area contributed by atoms with Crippen LogP contribution >= 0.6 is 11.8 Å². The van der Waals surface area contributed by atoms with E-state index in [9.17, 15) is 4.79 Å². The number of thioether (sulfide) groups is 1. The summed E-state index contributed by atoms with van der Waals surface area (Å²) in [5, 5.41) is 3.01. The number of carbonyl (C=O) groups is 1. The molecule has 2 fully saturated rings. The molecule has 1 unspecified atom stereocenters. The Balaban J connectivity index is 1.35. The Morgan fingerprint density at radius 1 is 1.41 bits per heavy atom. The fraction of sp³-hybridized carbons (Fsp3) is 0.588. The second kappa shape index (κ2) is 7.88. The maximum Gasteiger partial charge on any atom is 0.244 e. The zero-order valence-corrected chi connectivity index (χ0v) is 13.7. The van der Waals surface area contributed by atoms with Gasteiger partial charge in [0.1, 0.15) is 5.76 Å². The van der Waals surface area contributed by atoms with Crippen molar-refractivity contribution in [1.29, 1.82) is 0 Å². The first-order valence-electron chi connectivity index (χ1n) is 8.12. The number of furan rings is 1. The van der Waals surface area contributed by atoms with Gasteiger partial charge in [-0.2, -0.15) is 11.8 Å². The Labute approximate surface area is 136 Å². The van der Waals surface area contributed by atoms with Gasteiger partial charge in [0.05, 0.1) is 6.26 Å². The molecule has 0 bridgehead atoms. The second-order valence-electron chi connectivity index (χ2n) is 6.09. The Morgan fingerprint density at radius 2 is 2.27 bits per heavy atom. The zero-order chi connectivity index (χ0) is 15.2. The normalized spacial score (nSPS) is 24.1. The predicted octanol–water partition coefficient (Wildman–Crippen LogP) is 2.63. The van der Waals surface area contributed by atoms with Gasteiger partial charge in [0.25, 0.3) is 0 Å². The molecular formula is C17H24N2O2S. The smallest absolute Gasteiger partial charge is 0.244 e. The number of carbonyl (C=O) groups excluding carboxylic acids is 1. The minimum Gasteiger partial charge on any atom is -0.465 e. The van der Waals surface area contributed by atoms with Crippen molar-refractivity contribution in [2.75, 3.05) is 31.1 Å². The number of amides is 1. The Kier molecular flexibility index (Phi) is 5.62. The Hall–Kier alpha value is -1.20. The van der Waals surface area contributed by atoms with E-state index < -0.39 is 0 Å². The summed E-state index contributed by atoms with van der Waals surface area (Å²) in [7, 11) is 0. The van der Waals surface area contributed by atoms with Gasteiger partial charge in [-0.05, 0) is 62.2 Å². The summed E-state index contributed by atoms with van der Waals surface area (Å²) < 4.78 is 5.16. The number of rotatable bonds is 5. The third-order valence-corrected chi connectivity index (χ3v) is 5.72. The summed E-state index contributed by atoms with van der Waals surface area (Å²) in [6, 6.07) is 4.45. The van der Waals surface area contributed by atoms with Crippen molar-refractivity contribution >= 4 is 23.7 Å². The molecule has 0 aromatic carbocycles. The topological polar surface area (TPSA) is 45.5 Å². The lowest BCUT2D eigenvalue weighted by Crippen LogP contribution is -2.43. The molecule has 120 valence electrons. The standard InChI is InChI=1S/C17H24N2O2S/c20-17(4-3-16-2-1-10-21-16)18-12-14-5-8-19(9-6-14)15-7-11-22-13-15/h1-4,10,14-15H,5-9,11-13H2,(H,18,20)/b4-3+. The van der Waals surface area contributed by atoms with E-state index in [1.807, 2.05) is 12.1 Å². The summed E-state index contributed by atoms with van der Waals surface area (Å²) in [6.45, 7) is 3.16. The molecule has 1 N–H and O–H groups in total. The second-order valence-corrected chi connectivity index (χ2v) is 7.24. The van der Waals surface area contributed by atoms with Gasteiger partial charge in [-0.25, -0.2) is 0 Å². The molecule has 0 spiro atoms. The first kappa shape index (κ1) is 15.7. The van der Waals surface area contributed by atoms with Crippen molar-refractivity contribution in [2.45, 2.75) is 25.3 Å². The molecule has 5 heteroatoms. The van der Waals surface area contributed by atoms with E-state index in [1.165, 1.54) is 43.9 Å². The van der Waals surface area contributed by atoms with Gasteiger partial charge in [0.2, 0.25) is 5.91 Å². The number of nitrogens with one attached hydrogen (secondary N) is 1. The average molecular weight is 320 g/mol. The van der Waals surface area contributed by atoms with Crippen LogP contribution in [0.1, 0.15) is 25.0 Å². The third-order valence-electron chi connectivity index (χ3n) is 4.58.